The summed E-state index contributed by atoms with van der Waals surface area (Å²) in [4.78, 5) is 5.18. The molecule has 0 aliphatic carbocycles. The summed E-state index contributed by atoms with van der Waals surface area (Å²) in [6, 6.07) is 18.1. The molecule has 0 radical (unpaired) electrons. The van der Waals surface area contributed by atoms with Crippen LogP contribution in [0.3, 0.4) is 0 Å². The summed E-state index contributed by atoms with van der Waals surface area (Å²) in [5.41, 5.74) is 10.4. The molecule has 0 unspecified atom stereocenters. The van der Waals surface area contributed by atoms with E-state index in [0.29, 0.717) is 0 Å². The lowest BCUT2D eigenvalue weighted by Gasteiger charge is -2.17. The van der Waals surface area contributed by atoms with Gasteiger partial charge in [-0.15, -0.1) is 20.5 Å². The molecule has 1 aromatic carbocycles. The number of hydrogen-bond acceptors (Lipinski definition) is 10. The van der Waals surface area contributed by atoms with Crippen molar-refractivity contribution in [3.8, 4) is 0 Å². The third-order valence-electron chi connectivity index (χ3n) is 8.56. The minimum atomic E-state index is -4.94. The van der Waals surface area contributed by atoms with E-state index in [4.69, 9.17) is 37.3 Å². The van der Waals surface area contributed by atoms with Crippen molar-refractivity contribution in [3.63, 3.8) is 0 Å². The van der Waals surface area contributed by atoms with Crippen LogP contribution < -0.4 is 55.9 Å². The number of benzene rings is 1. The van der Waals surface area contributed by atoms with Crippen LogP contribution in [0.25, 0.3) is 33.1 Å². The number of nitrogens with zero attached hydrogens (tertiary/aromatic N) is 6. The van der Waals surface area contributed by atoms with Gasteiger partial charge in [0.25, 0.3) is 0 Å². The normalized spacial score (nSPS) is 15.7. The molecular formula is C30H32Cl2N6O8. The Hall–Kier alpha value is -3.54. The Kier molecular flexibility index (Phi) is 8.62. The van der Waals surface area contributed by atoms with Crippen molar-refractivity contribution in [3.05, 3.63) is 72.1 Å². The third kappa shape index (κ3) is 6.24. The van der Waals surface area contributed by atoms with Crippen LogP contribution in [-0.4, -0.2) is 35.0 Å². The molecule has 16 heteroatoms. The molecule has 6 aromatic rings. The van der Waals surface area contributed by atoms with Gasteiger partial charge in [-0.05, 0) is 87.1 Å². The van der Waals surface area contributed by atoms with Crippen molar-refractivity contribution in [1.82, 2.24) is 8.80 Å². The molecule has 2 aliphatic rings. The summed E-state index contributed by atoms with van der Waals surface area (Å²) in [5, 5.41) is 0. The second-order valence-corrected chi connectivity index (χ2v) is 13.0. The molecule has 2 fully saturated rings. The van der Waals surface area contributed by atoms with E-state index in [9.17, 15) is 0 Å². The second-order valence-electron chi connectivity index (χ2n) is 11.4. The lowest BCUT2D eigenvalue weighted by Crippen LogP contribution is -2.68. The lowest BCUT2D eigenvalue weighted by molar-refractivity contribution is -2.00. The van der Waals surface area contributed by atoms with Crippen LogP contribution in [0.15, 0.2) is 60.9 Å². The van der Waals surface area contributed by atoms with Crippen LogP contribution in [-0.2, 0) is 0 Å². The topological polar surface area (TPSA) is 208 Å². The molecule has 8 rings (SSSR count). The quantitative estimate of drug-likeness (QED) is 0.160. The van der Waals surface area contributed by atoms with Crippen molar-refractivity contribution in [2.75, 3.05) is 36.0 Å². The second kappa shape index (κ2) is 12.2. The molecule has 5 aromatic heterocycles. The lowest BCUT2D eigenvalue weighted by atomic mass is 10.1. The molecular weight excluding hydrogens is 643 g/mol. The van der Waals surface area contributed by atoms with Gasteiger partial charge in [-0.1, -0.05) is 12.1 Å². The molecule has 14 nitrogen and oxygen atoms in total. The van der Waals surface area contributed by atoms with Crippen LogP contribution in [0.2, 0.25) is 0 Å². The van der Waals surface area contributed by atoms with Crippen LogP contribution >= 0.6 is 0 Å². The molecule has 2 saturated heterocycles. The van der Waals surface area contributed by atoms with Gasteiger partial charge in [-0.3, -0.25) is 9.80 Å². The molecule has 0 bridgehead atoms. The Bertz CT molecular complexity index is 1900. The summed E-state index contributed by atoms with van der Waals surface area (Å²) in [6.07, 6.45) is 9.51. The maximum absolute atomic E-state index is 8.49. The number of rotatable bonds is 2. The minimum absolute atomic E-state index is 1.11. The molecule has 244 valence electrons. The standard InChI is InChI=1S/C30H32N6.2ClHO4/c1-21-19-25-26(20-22(21)2)36-28(24-12-4-6-18-34(24)30(36)32-15-9-10-16-32)27-23-11-3-5-17-33(23)29(35(25)27)31-13-7-8-14-31;2*2-1(3,4)5/h3-6,11-12,17-20H,7-10,13-16H2,1-2H3;2*(H,2,3,4,5)/q+2;;/p-2. The number of imidazole rings is 2. The first-order valence-electron chi connectivity index (χ1n) is 14.7. The van der Waals surface area contributed by atoms with E-state index >= 15 is 0 Å². The number of aryl methyl sites for hydroxylation is 2. The SMILES string of the molecule is Cc1cc2c(cc1C)n1c(N3CCCC3)[n+]3ccccc3c1c1c3cccc[n+]3c(N3CCCC3)n21.[O-][Cl+3]([O-])([O-])[O-].[O-][Cl+3]([O-])([O-])[O-]. The van der Waals surface area contributed by atoms with E-state index in [2.05, 4.69) is 102 Å². The number of halogens is 2. The first-order chi connectivity index (χ1) is 21.7. The highest BCUT2D eigenvalue weighted by atomic mass is 35.7. The molecule has 46 heavy (non-hydrogen) atoms. The average Bonchev–Trinajstić information content (AvgIpc) is 3.76. The largest absolute Gasteiger partial charge is 0.370 e. The zero-order valence-electron chi connectivity index (χ0n) is 25.1. The van der Waals surface area contributed by atoms with E-state index in [1.807, 2.05) is 0 Å². The summed E-state index contributed by atoms with van der Waals surface area (Å²) >= 11 is 0. The van der Waals surface area contributed by atoms with Gasteiger partial charge in [0.15, 0.2) is 22.1 Å². The van der Waals surface area contributed by atoms with Crippen molar-refractivity contribution in [1.29, 1.82) is 0 Å². The van der Waals surface area contributed by atoms with Crippen molar-refractivity contribution < 1.29 is 66.6 Å². The summed E-state index contributed by atoms with van der Waals surface area (Å²) in [5.74, 6) is 2.57. The summed E-state index contributed by atoms with van der Waals surface area (Å²) < 4.78 is 77.9. The van der Waals surface area contributed by atoms with Crippen LogP contribution in [0.5, 0.6) is 0 Å². The van der Waals surface area contributed by atoms with Crippen LogP contribution in [0, 0.1) is 34.3 Å². The predicted molar refractivity (Wildman–Crippen MR) is 145 cm³/mol. The fourth-order valence-corrected chi connectivity index (χ4v) is 6.74. The molecule has 0 spiro atoms. The van der Waals surface area contributed by atoms with Gasteiger partial charge in [0.1, 0.15) is 11.0 Å². The van der Waals surface area contributed by atoms with Gasteiger partial charge in [0.2, 0.25) is 0 Å². The Morgan fingerprint density at radius 1 is 0.543 bits per heavy atom. The maximum atomic E-state index is 8.49. The minimum Gasteiger partial charge on any atom is -0.263 e. The van der Waals surface area contributed by atoms with Gasteiger partial charge >= 0.3 is 11.9 Å². The van der Waals surface area contributed by atoms with E-state index in [1.54, 1.807) is 0 Å². The molecule has 0 N–H and O–H groups in total. The smallest absolute Gasteiger partial charge is 0.263 e. The number of pyridine rings is 2. The number of anilines is 2. The van der Waals surface area contributed by atoms with Gasteiger partial charge < -0.3 is 0 Å². The molecule has 0 amide bonds. The highest BCUT2D eigenvalue weighted by Crippen LogP contribution is 2.36. The highest BCUT2D eigenvalue weighted by Gasteiger charge is 2.37. The Morgan fingerprint density at radius 3 is 1.20 bits per heavy atom. The zero-order valence-corrected chi connectivity index (χ0v) is 26.6. The molecule has 0 saturated carbocycles. The Morgan fingerprint density at radius 2 is 0.870 bits per heavy atom. The maximum Gasteiger partial charge on any atom is 0.370 e. The highest BCUT2D eigenvalue weighted by molar-refractivity contribution is 6.04. The number of fused-ring (bicyclic) bond motifs is 10. The van der Waals surface area contributed by atoms with Gasteiger partial charge in [0, 0.05) is 0 Å². The molecule has 0 atom stereocenters. The monoisotopic (exact) mass is 674 g/mol. The average molecular weight is 676 g/mol. The van der Waals surface area contributed by atoms with Crippen molar-refractivity contribution in [2.45, 2.75) is 39.5 Å². The number of aromatic nitrogens is 4. The van der Waals surface area contributed by atoms with Crippen LogP contribution in [0.4, 0.5) is 11.9 Å². The zero-order chi connectivity index (χ0) is 33.0. The van der Waals surface area contributed by atoms with E-state index < -0.39 is 20.5 Å². The summed E-state index contributed by atoms with van der Waals surface area (Å²) in [6.45, 7) is 8.93. The van der Waals surface area contributed by atoms with Gasteiger partial charge in [-0.2, -0.15) is 8.80 Å². The summed E-state index contributed by atoms with van der Waals surface area (Å²) in [7, 11) is -9.89. The molecule has 7 heterocycles. The fraction of sp³-hybridized carbons (Fsp3) is 0.333. The first kappa shape index (κ1) is 32.4. The van der Waals surface area contributed by atoms with E-state index in [1.165, 1.54) is 81.8 Å². The number of hydrogen-bond donors (Lipinski definition) is 0. The van der Waals surface area contributed by atoms with Gasteiger partial charge in [-0.25, -0.2) is 46.1 Å². The third-order valence-corrected chi connectivity index (χ3v) is 8.56. The first-order valence-corrected chi connectivity index (χ1v) is 17.1. The fourth-order valence-electron chi connectivity index (χ4n) is 6.74. The molecule has 2 aliphatic heterocycles. The predicted octanol–water partition coefficient (Wildman–Crippen LogP) is -4.87. The van der Waals surface area contributed by atoms with Crippen molar-refractivity contribution in [2.24, 2.45) is 0 Å². The van der Waals surface area contributed by atoms with Crippen LogP contribution in [0.1, 0.15) is 36.8 Å². The van der Waals surface area contributed by atoms with E-state index in [-0.39, 0.29) is 0 Å². The Balaban J connectivity index is 0.000000328. The van der Waals surface area contributed by atoms with Gasteiger partial charge in [0.05, 0.1) is 38.6 Å². The van der Waals surface area contributed by atoms with Crippen molar-refractivity contribution >= 4 is 45.0 Å². The van der Waals surface area contributed by atoms with E-state index in [0.717, 1.165) is 26.2 Å². The Labute approximate surface area is 267 Å².